The summed E-state index contributed by atoms with van der Waals surface area (Å²) < 4.78 is 0. The molecule has 0 saturated heterocycles. The van der Waals surface area contributed by atoms with E-state index >= 15 is 0 Å². The van der Waals surface area contributed by atoms with Gasteiger partial charge in [-0.05, 0) is 115 Å². The molecular weight excluding hydrogens is 614 g/mol. The van der Waals surface area contributed by atoms with Crippen LogP contribution in [0.15, 0.2) is 182 Å². The van der Waals surface area contributed by atoms with Crippen LogP contribution in [0.5, 0.6) is 0 Å². The van der Waals surface area contributed by atoms with Gasteiger partial charge in [0.1, 0.15) is 0 Å². The zero-order chi connectivity index (χ0) is 32.5. The van der Waals surface area contributed by atoms with Crippen molar-refractivity contribution in [2.24, 2.45) is 0 Å². The van der Waals surface area contributed by atoms with Crippen molar-refractivity contribution >= 4 is 39.4 Å². The topological polar surface area (TPSA) is 3.24 Å². The van der Waals surface area contributed by atoms with Gasteiger partial charge in [-0.2, -0.15) is 0 Å². The minimum Gasteiger partial charge on any atom is -0.310 e. The van der Waals surface area contributed by atoms with Crippen molar-refractivity contribution in [2.75, 3.05) is 4.90 Å². The zero-order valence-corrected chi connectivity index (χ0v) is 27.4. The Bertz CT molecular complexity index is 2480. The lowest BCUT2D eigenvalue weighted by Gasteiger charge is -2.31. The minimum atomic E-state index is -0.466. The third-order valence-electron chi connectivity index (χ3n) is 10.5. The summed E-state index contributed by atoms with van der Waals surface area (Å²) in [6, 6.07) is 65.9. The van der Waals surface area contributed by atoms with E-state index in [1.165, 1.54) is 55.3 Å². The van der Waals surface area contributed by atoms with Crippen LogP contribution in [0.1, 0.15) is 22.3 Å². The summed E-state index contributed by atoms with van der Waals surface area (Å²) in [6.07, 6.45) is 0. The number of hydrogen-bond acceptors (Lipinski definition) is 1. The van der Waals surface area contributed by atoms with Crippen LogP contribution in [0, 0.1) is 0 Å². The van der Waals surface area contributed by atoms with E-state index in [1.807, 2.05) is 0 Å². The summed E-state index contributed by atoms with van der Waals surface area (Å²) in [7, 11) is 0. The third-order valence-corrected chi connectivity index (χ3v) is 10.7. The van der Waals surface area contributed by atoms with Gasteiger partial charge in [-0.1, -0.05) is 145 Å². The van der Waals surface area contributed by atoms with E-state index in [0.29, 0.717) is 0 Å². The molecule has 2 heteroatoms. The van der Waals surface area contributed by atoms with Crippen LogP contribution in [0.25, 0.3) is 44.2 Å². The molecule has 2 aliphatic rings. The molecule has 0 heterocycles. The van der Waals surface area contributed by atoms with Gasteiger partial charge >= 0.3 is 0 Å². The first-order chi connectivity index (χ1) is 24.2. The second kappa shape index (κ2) is 10.8. The molecule has 0 N–H and O–H groups in total. The number of rotatable bonds is 4. The summed E-state index contributed by atoms with van der Waals surface area (Å²) in [5.41, 5.74) is 15.4. The number of nitrogens with zero attached hydrogens (tertiary/aromatic N) is 1. The van der Waals surface area contributed by atoms with Crippen LogP contribution in [-0.2, 0) is 5.41 Å². The quantitative estimate of drug-likeness (QED) is 0.184. The molecule has 0 bridgehead atoms. The highest BCUT2D eigenvalue weighted by atomic mass is 35.5. The molecule has 10 rings (SSSR count). The van der Waals surface area contributed by atoms with Gasteiger partial charge in [0, 0.05) is 22.1 Å². The summed E-state index contributed by atoms with van der Waals surface area (Å²) >= 11 is 7.27. The van der Waals surface area contributed by atoms with Crippen LogP contribution in [0.3, 0.4) is 0 Å². The van der Waals surface area contributed by atoms with Gasteiger partial charge in [0.05, 0.1) is 5.41 Å². The second-order valence-electron chi connectivity index (χ2n) is 13.0. The van der Waals surface area contributed by atoms with Crippen molar-refractivity contribution in [3.63, 3.8) is 0 Å². The van der Waals surface area contributed by atoms with Crippen molar-refractivity contribution in [1.29, 1.82) is 0 Å². The number of anilines is 3. The van der Waals surface area contributed by atoms with E-state index in [0.717, 1.165) is 33.2 Å². The Morgan fingerprint density at radius 3 is 1.51 bits per heavy atom. The molecule has 0 aromatic heterocycles. The Morgan fingerprint density at radius 2 is 0.878 bits per heavy atom. The molecule has 0 fully saturated rings. The molecule has 2 aliphatic carbocycles. The second-order valence-corrected chi connectivity index (χ2v) is 13.4. The number of para-hydroxylation sites is 2. The van der Waals surface area contributed by atoms with Crippen LogP contribution in [0.4, 0.5) is 17.1 Å². The monoisotopic (exact) mass is 643 g/mol. The van der Waals surface area contributed by atoms with Crippen molar-refractivity contribution in [3.05, 3.63) is 209 Å². The number of fused-ring (bicyclic) bond motifs is 11. The smallest absolute Gasteiger partial charge is 0.0726 e. The van der Waals surface area contributed by atoms with Gasteiger partial charge in [0.25, 0.3) is 0 Å². The lowest BCUT2D eigenvalue weighted by molar-refractivity contribution is 0.794. The third kappa shape index (κ3) is 4.00. The molecule has 0 radical (unpaired) electrons. The predicted octanol–water partition coefficient (Wildman–Crippen LogP) is 13.0. The highest BCUT2D eigenvalue weighted by Gasteiger charge is 2.52. The van der Waals surface area contributed by atoms with Crippen LogP contribution in [-0.4, -0.2) is 0 Å². The summed E-state index contributed by atoms with van der Waals surface area (Å²) in [6.45, 7) is 0. The van der Waals surface area contributed by atoms with Crippen molar-refractivity contribution in [2.45, 2.75) is 5.41 Å². The van der Waals surface area contributed by atoms with Gasteiger partial charge in [0.15, 0.2) is 0 Å². The lowest BCUT2D eigenvalue weighted by Crippen LogP contribution is -2.25. The van der Waals surface area contributed by atoms with Gasteiger partial charge in [-0.25, -0.2) is 0 Å². The van der Waals surface area contributed by atoms with Crippen molar-refractivity contribution in [1.82, 2.24) is 0 Å². The first-order valence-electron chi connectivity index (χ1n) is 16.8. The lowest BCUT2D eigenvalue weighted by atomic mass is 9.70. The fourth-order valence-electron chi connectivity index (χ4n) is 8.64. The molecule has 1 spiro atoms. The Kier molecular flexibility index (Phi) is 6.22. The largest absolute Gasteiger partial charge is 0.310 e. The predicted molar refractivity (Wildman–Crippen MR) is 205 cm³/mol. The van der Waals surface area contributed by atoms with E-state index in [2.05, 4.69) is 187 Å². The van der Waals surface area contributed by atoms with E-state index in [9.17, 15) is 0 Å². The maximum Gasteiger partial charge on any atom is 0.0726 e. The van der Waals surface area contributed by atoms with Gasteiger partial charge in [-0.3, -0.25) is 0 Å². The SMILES string of the molecule is Clc1cc(-c2cc(N(c3ccccc3)c3ccccc3)cc3ccccc23)c2c(c1)C1(c3ccccc3-c3ccccc31)c1ccccc1-2. The molecular formula is C47H30ClN. The summed E-state index contributed by atoms with van der Waals surface area (Å²) in [5.74, 6) is 0. The van der Waals surface area contributed by atoms with Crippen molar-refractivity contribution in [3.8, 4) is 33.4 Å². The highest BCUT2D eigenvalue weighted by molar-refractivity contribution is 6.31. The maximum atomic E-state index is 7.27. The number of halogens is 1. The molecule has 0 saturated carbocycles. The Labute approximate surface area is 291 Å². The standard InChI is InChI=1S/C47H30ClN/c48-32-28-41(40-30-35(27-31-15-7-8-20-36(31)40)49(33-16-3-1-4-17-33)34-18-5-2-6-19-34)46-39-23-11-14-26-44(39)47(45(46)29-32)42-24-12-9-21-37(42)38-22-10-13-25-43(38)47/h1-30H. The number of hydrogen-bond donors (Lipinski definition) is 0. The van der Waals surface area contributed by atoms with Gasteiger partial charge < -0.3 is 4.90 Å². The van der Waals surface area contributed by atoms with E-state index in [1.54, 1.807) is 0 Å². The Balaban J connectivity index is 1.31. The summed E-state index contributed by atoms with van der Waals surface area (Å²) in [4.78, 5) is 2.35. The van der Waals surface area contributed by atoms with E-state index in [4.69, 9.17) is 11.6 Å². The molecule has 0 unspecified atom stereocenters. The van der Waals surface area contributed by atoms with E-state index < -0.39 is 5.41 Å². The first kappa shape index (κ1) is 28.2. The minimum absolute atomic E-state index is 0.466. The first-order valence-corrected chi connectivity index (χ1v) is 17.2. The van der Waals surface area contributed by atoms with Gasteiger partial charge in [0.2, 0.25) is 0 Å². The van der Waals surface area contributed by atoms with E-state index in [-0.39, 0.29) is 0 Å². The Hall–Kier alpha value is -5.89. The Morgan fingerprint density at radius 1 is 0.367 bits per heavy atom. The molecule has 0 atom stereocenters. The molecule has 0 amide bonds. The molecule has 8 aromatic carbocycles. The fraction of sp³-hybridized carbons (Fsp3) is 0.0213. The zero-order valence-electron chi connectivity index (χ0n) is 26.6. The normalized spacial score (nSPS) is 13.2. The molecule has 49 heavy (non-hydrogen) atoms. The highest BCUT2D eigenvalue weighted by Crippen LogP contribution is 2.64. The molecule has 0 aliphatic heterocycles. The van der Waals surface area contributed by atoms with Crippen LogP contribution in [0.2, 0.25) is 5.02 Å². The maximum absolute atomic E-state index is 7.27. The van der Waals surface area contributed by atoms with Crippen LogP contribution >= 0.6 is 11.6 Å². The van der Waals surface area contributed by atoms with Gasteiger partial charge in [-0.15, -0.1) is 0 Å². The average Bonchev–Trinajstić information content (AvgIpc) is 3.62. The molecule has 230 valence electrons. The average molecular weight is 644 g/mol. The summed E-state index contributed by atoms with van der Waals surface area (Å²) in [5, 5.41) is 3.11. The fourth-order valence-corrected chi connectivity index (χ4v) is 8.86. The van der Waals surface area contributed by atoms with Crippen molar-refractivity contribution < 1.29 is 0 Å². The van der Waals surface area contributed by atoms with Crippen LogP contribution < -0.4 is 4.90 Å². The molecule has 8 aromatic rings. The molecule has 1 nitrogen and oxygen atoms in total. The number of benzene rings is 8.